The summed E-state index contributed by atoms with van der Waals surface area (Å²) in [6, 6.07) is 9.07. The highest BCUT2D eigenvalue weighted by Crippen LogP contribution is 2.10. The average Bonchev–Trinajstić information content (AvgIpc) is 2.62. The molecule has 0 aliphatic rings. The summed E-state index contributed by atoms with van der Waals surface area (Å²) in [5.41, 5.74) is 0.307. The quantitative estimate of drug-likeness (QED) is 0.329. The smallest absolute Gasteiger partial charge is 0.410 e. The lowest BCUT2D eigenvalue weighted by atomic mass is 10.2. The maximum Gasteiger partial charge on any atom is 0.410 e. The lowest BCUT2D eigenvalue weighted by molar-refractivity contribution is -0.155. The van der Waals surface area contributed by atoms with Crippen LogP contribution >= 0.6 is 11.6 Å². The molecule has 1 aromatic rings. The molecule has 0 saturated carbocycles. The van der Waals surface area contributed by atoms with E-state index in [4.69, 9.17) is 25.8 Å². The van der Waals surface area contributed by atoms with Gasteiger partial charge in [-0.3, -0.25) is 9.59 Å². The summed E-state index contributed by atoms with van der Waals surface area (Å²) in [5.74, 6) is -0.778. The number of nitrogens with zero attached hydrogens (tertiary/aromatic N) is 1. The molecule has 8 heteroatoms. The third kappa shape index (κ3) is 10.8. The van der Waals surface area contributed by atoms with Crippen molar-refractivity contribution in [3.63, 3.8) is 0 Å². The highest BCUT2D eigenvalue weighted by atomic mass is 35.5. The van der Waals surface area contributed by atoms with Gasteiger partial charge in [-0.2, -0.15) is 0 Å². The molecular formula is C20H28ClNO6. The van der Waals surface area contributed by atoms with Crippen LogP contribution < -0.4 is 0 Å². The zero-order chi connectivity index (χ0) is 21.0. The van der Waals surface area contributed by atoms with E-state index in [0.717, 1.165) is 5.56 Å². The molecule has 0 N–H and O–H groups in total. The normalized spacial score (nSPS) is 10.9. The van der Waals surface area contributed by atoms with Crippen molar-refractivity contribution in [3.05, 3.63) is 35.9 Å². The van der Waals surface area contributed by atoms with E-state index in [9.17, 15) is 14.4 Å². The molecule has 0 saturated heterocycles. The van der Waals surface area contributed by atoms with Crippen LogP contribution in [-0.4, -0.2) is 47.7 Å². The first-order chi connectivity index (χ1) is 13.2. The molecule has 1 rings (SSSR count). The Labute approximate surface area is 170 Å². The van der Waals surface area contributed by atoms with Gasteiger partial charge in [0.15, 0.2) is 6.07 Å². The molecule has 1 aromatic carbocycles. The fourth-order valence-corrected chi connectivity index (χ4v) is 2.37. The molecule has 0 heterocycles. The van der Waals surface area contributed by atoms with E-state index in [1.165, 1.54) is 4.90 Å². The van der Waals surface area contributed by atoms with Gasteiger partial charge in [-0.05, 0) is 32.8 Å². The molecule has 0 fully saturated rings. The van der Waals surface area contributed by atoms with Crippen molar-refractivity contribution in [2.45, 2.75) is 52.2 Å². The van der Waals surface area contributed by atoms with Gasteiger partial charge in [-0.15, -0.1) is 0 Å². The summed E-state index contributed by atoms with van der Waals surface area (Å²) in [6.07, 6.45) is -0.104. The van der Waals surface area contributed by atoms with E-state index in [2.05, 4.69) is 0 Å². The topological polar surface area (TPSA) is 82.1 Å². The molecule has 0 radical (unpaired) electrons. The summed E-state index contributed by atoms with van der Waals surface area (Å²) in [5, 5.41) is 0. The van der Waals surface area contributed by atoms with Crippen molar-refractivity contribution in [2.75, 3.05) is 19.2 Å². The Morgan fingerprint density at radius 3 is 2.25 bits per heavy atom. The van der Waals surface area contributed by atoms with Gasteiger partial charge in [0, 0.05) is 19.5 Å². The first-order valence-electron chi connectivity index (χ1n) is 9.10. The molecule has 0 unspecified atom stereocenters. The Kier molecular flexibility index (Phi) is 10.4. The number of alkyl halides is 1. The Morgan fingerprint density at radius 2 is 1.64 bits per heavy atom. The van der Waals surface area contributed by atoms with E-state index in [1.807, 2.05) is 30.3 Å². The van der Waals surface area contributed by atoms with Gasteiger partial charge in [-0.1, -0.05) is 41.9 Å². The number of hydrogen-bond donors (Lipinski definition) is 0. The number of carbonyl (C=O) groups excluding carboxylic acids is 3. The maximum absolute atomic E-state index is 12.0. The molecule has 28 heavy (non-hydrogen) atoms. The fraction of sp³-hybridized carbons (Fsp3) is 0.550. The van der Waals surface area contributed by atoms with Crippen LogP contribution in [0.3, 0.4) is 0 Å². The van der Waals surface area contributed by atoms with Crippen LogP contribution in [0.25, 0.3) is 0 Å². The number of benzene rings is 1. The molecule has 156 valence electrons. The summed E-state index contributed by atoms with van der Waals surface area (Å²) < 4.78 is 15.2. The van der Waals surface area contributed by atoms with Crippen LogP contribution in [0, 0.1) is 0 Å². The van der Waals surface area contributed by atoms with Crippen LogP contribution in [0.15, 0.2) is 30.3 Å². The van der Waals surface area contributed by atoms with Crippen LogP contribution in [0.1, 0.15) is 45.6 Å². The number of amides is 1. The second-order valence-corrected chi connectivity index (χ2v) is 7.31. The van der Waals surface area contributed by atoms with Gasteiger partial charge in [0.2, 0.25) is 0 Å². The Bertz CT molecular complexity index is 629. The minimum atomic E-state index is -0.642. The largest absolute Gasteiger partial charge is 0.461 e. The Hall–Kier alpha value is -2.28. The zero-order valence-electron chi connectivity index (χ0n) is 16.6. The second-order valence-electron chi connectivity index (χ2n) is 7.09. The number of hydrogen-bond acceptors (Lipinski definition) is 6. The Balaban J connectivity index is 2.40. The standard InChI is InChI=1S/C20H28ClNO6/c1-20(2,3)28-18(24)11-13-22(19(25)27-15-21)12-7-10-17(23)26-14-16-8-5-4-6-9-16/h4-6,8-9H,7,10-15H2,1-3H3. The first kappa shape index (κ1) is 23.8. The van der Waals surface area contributed by atoms with Gasteiger partial charge >= 0.3 is 18.0 Å². The minimum absolute atomic E-state index is 0.0209. The predicted molar refractivity (Wildman–Crippen MR) is 105 cm³/mol. The molecule has 0 aliphatic heterocycles. The van der Waals surface area contributed by atoms with Crippen molar-refractivity contribution in [3.8, 4) is 0 Å². The van der Waals surface area contributed by atoms with Gasteiger partial charge in [0.25, 0.3) is 0 Å². The molecule has 1 amide bonds. The first-order valence-corrected chi connectivity index (χ1v) is 9.64. The molecule has 0 atom stereocenters. The number of halogens is 1. The third-order valence-electron chi connectivity index (χ3n) is 3.49. The van der Waals surface area contributed by atoms with Crippen LogP contribution in [0.5, 0.6) is 0 Å². The monoisotopic (exact) mass is 413 g/mol. The highest BCUT2D eigenvalue weighted by Gasteiger charge is 2.20. The van der Waals surface area contributed by atoms with E-state index in [0.29, 0.717) is 6.42 Å². The lowest BCUT2D eigenvalue weighted by Gasteiger charge is -2.23. The van der Waals surface area contributed by atoms with E-state index >= 15 is 0 Å². The Morgan fingerprint density at radius 1 is 0.964 bits per heavy atom. The van der Waals surface area contributed by atoms with Gasteiger partial charge < -0.3 is 19.1 Å². The van der Waals surface area contributed by atoms with Gasteiger partial charge in [0.1, 0.15) is 12.2 Å². The van der Waals surface area contributed by atoms with E-state index in [1.54, 1.807) is 20.8 Å². The minimum Gasteiger partial charge on any atom is -0.461 e. The molecule has 0 spiro atoms. The maximum atomic E-state index is 12.0. The van der Waals surface area contributed by atoms with Crippen molar-refractivity contribution in [2.24, 2.45) is 0 Å². The molecule has 0 aliphatic carbocycles. The van der Waals surface area contributed by atoms with Crippen molar-refractivity contribution in [1.29, 1.82) is 0 Å². The SMILES string of the molecule is CC(C)(C)OC(=O)CCN(CCCC(=O)OCc1ccccc1)C(=O)OCCl. The van der Waals surface area contributed by atoms with Gasteiger partial charge in [-0.25, -0.2) is 4.79 Å². The van der Waals surface area contributed by atoms with Crippen molar-refractivity contribution < 1.29 is 28.6 Å². The van der Waals surface area contributed by atoms with E-state index in [-0.39, 0.29) is 44.6 Å². The van der Waals surface area contributed by atoms with Crippen molar-refractivity contribution >= 4 is 29.6 Å². The molecule has 7 nitrogen and oxygen atoms in total. The number of esters is 2. The summed E-state index contributed by atoms with van der Waals surface area (Å²) in [4.78, 5) is 37.0. The predicted octanol–water partition coefficient (Wildman–Crippen LogP) is 3.88. The third-order valence-corrected chi connectivity index (χ3v) is 3.60. The number of carbonyl (C=O) groups is 3. The summed E-state index contributed by atoms with van der Waals surface area (Å²) in [7, 11) is 0. The average molecular weight is 414 g/mol. The van der Waals surface area contributed by atoms with Crippen LogP contribution in [0.2, 0.25) is 0 Å². The zero-order valence-corrected chi connectivity index (χ0v) is 17.4. The second kappa shape index (κ2) is 12.2. The fourth-order valence-electron chi connectivity index (χ4n) is 2.28. The molecule has 0 bridgehead atoms. The highest BCUT2D eigenvalue weighted by molar-refractivity contribution is 6.17. The van der Waals surface area contributed by atoms with Crippen LogP contribution in [-0.2, 0) is 30.4 Å². The van der Waals surface area contributed by atoms with E-state index < -0.39 is 17.7 Å². The molecule has 0 aromatic heterocycles. The number of rotatable bonds is 10. The summed E-state index contributed by atoms with van der Waals surface area (Å²) in [6.45, 7) is 5.86. The van der Waals surface area contributed by atoms with Crippen LogP contribution in [0.4, 0.5) is 4.79 Å². The molecular weight excluding hydrogens is 386 g/mol. The summed E-state index contributed by atoms with van der Waals surface area (Å²) >= 11 is 5.44. The van der Waals surface area contributed by atoms with Crippen molar-refractivity contribution in [1.82, 2.24) is 4.90 Å². The number of ether oxygens (including phenoxy) is 3. The lowest BCUT2D eigenvalue weighted by Crippen LogP contribution is -2.35. The van der Waals surface area contributed by atoms with Gasteiger partial charge in [0.05, 0.1) is 6.42 Å².